The van der Waals surface area contributed by atoms with Crippen molar-refractivity contribution in [3.63, 3.8) is 0 Å². The monoisotopic (exact) mass is 230 g/mol. The maximum atomic E-state index is 13.2. The highest BCUT2D eigenvalue weighted by atomic mass is 31.0. The summed E-state index contributed by atoms with van der Waals surface area (Å²) in [5.74, 6) is -2.56. The number of carbonyl (C=O) groups excluding carboxylic acids is 2. The molecule has 0 bridgehead atoms. The fraction of sp³-hybridized carbons (Fsp3) is 0.714. The molecular formula is C7H10F3O3P. The Morgan fingerprint density at radius 3 is 2.07 bits per heavy atom. The van der Waals surface area contributed by atoms with Crippen LogP contribution in [0.2, 0.25) is 0 Å². The molecular weight excluding hydrogens is 220 g/mol. The Balaban J connectivity index is 4.61. The van der Waals surface area contributed by atoms with Gasteiger partial charge in [0.25, 0.3) is 5.66 Å². The molecule has 2 unspecified atom stereocenters. The molecule has 0 aliphatic heterocycles. The van der Waals surface area contributed by atoms with E-state index < -0.39 is 29.5 Å². The minimum absolute atomic E-state index is 0.422. The van der Waals surface area contributed by atoms with E-state index in [1.54, 1.807) is 0 Å². The van der Waals surface area contributed by atoms with E-state index in [1.807, 2.05) is 0 Å². The molecule has 0 aliphatic carbocycles. The number of rotatable bonds is 4. The average molecular weight is 230 g/mol. The van der Waals surface area contributed by atoms with Gasteiger partial charge in [-0.15, -0.1) is 0 Å². The van der Waals surface area contributed by atoms with Crippen LogP contribution < -0.4 is 0 Å². The predicted octanol–water partition coefficient (Wildman–Crippen LogP) is 1.31. The number of methoxy groups -OCH3 is 1. The number of ether oxygens (including phenoxy) is 1. The molecule has 2 atom stereocenters. The first-order valence-electron chi connectivity index (χ1n) is 3.58. The summed E-state index contributed by atoms with van der Waals surface area (Å²) in [6, 6.07) is 0. The molecule has 82 valence electrons. The number of ketones is 1. The van der Waals surface area contributed by atoms with Crippen molar-refractivity contribution >= 4 is 21.0 Å². The van der Waals surface area contributed by atoms with Crippen LogP contribution in [0.4, 0.5) is 13.2 Å². The van der Waals surface area contributed by atoms with Gasteiger partial charge in [-0.1, -0.05) is 9.24 Å². The van der Waals surface area contributed by atoms with Gasteiger partial charge >= 0.3 is 5.97 Å². The largest absolute Gasteiger partial charge is 0.469 e. The maximum absolute atomic E-state index is 13.2. The highest BCUT2D eigenvalue weighted by molar-refractivity contribution is 7.18. The zero-order chi connectivity index (χ0) is 11.6. The molecule has 0 amide bonds. The summed E-state index contributed by atoms with van der Waals surface area (Å²) in [6.45, 7) is 0.422. The molecule has 0 aromatic heterocycles. The van der Waals surface area contributed by atoms with Gasteiger partial charge in [0, 0.05) is 0 Å². The van der Waals surface area contributed by atoms with Gasteiger partial charge in [0.1, 0.15) is 6.42 Å². The molecule has 0 radical (unpaired) electrons. The number of alkyl halides is 3. The zero-order valence-electron chi connectivity index (χ0n) is 7.64. The van der Waals surface area contributed by atoms with Gasteiger partial charge in [-0.25, -0.2) is 4.39 Å². The van der Waals surface area contributed by atoms with E-state index in [-0.39, 0.29) is 0 Å². The van der Waals surface area contributed by atoms with E-state index in [4.69, 9.17) is 0 Å². The van der Waals surface area contributed by atoms with Crippen LogP contribution in [-0.4, -0.2) is 30.2 Å². The van der Waals surface area contributed by atoms with Crippen molar-refractivity contribution in [1.82, 2.24) is 0 Å². The highest BCUT2D eigenvalue weighted by Crippen LogP contribution is 2.39. The number of Topliss-reactive ketones (excluding diaryl/α,β-unsaturated/α-hetero) is 1. The van der Waals surface area contributed by atoms with Crippen molar-refractivity contribution in [3.05, 3.63) is 0 Å². The topological polar surface area (TPSA) is 43.4 Å². The minimum atomic E-state index is -3.90. The lowest BCUT2D eigenvalue weighted by Crippen LogP contribution is -2.45. The lowest BCUT2D eigenvalue weighted by Gasteiger charge is -2.24. The van der Waals surface area contributed by atoms with Crippen LogP contribution in [0.3, 0.4) is 0 Å². The van der Waals surface area contributed by atoms with Crippen molar-refractivity contribution in [2.45, 2.75) is 24.7 Å². The molecule has 0 aromatic rings. The highest BCUT2D eigenvalue weighted by Gasteiger charge is 2.53. The second kappa shape index (κ2) is 4.26. The van der Waals surface area contributed by atoms with Crippen LogP contribution in [0.5, 0.6) is 0 Å². The molecule has 0 saturated carbocycles. The van der Waals surface area contributed by atoms with Crippen molar-refractivity contribution in [2.24, 2.45) is 0 Å². The molecule has 7 heteroatoms. The molecule has 0 fully saturated rings. The fourth-order valence-corrected chi connectivity index (χ4v) is 0.716. The lowest BCUT2D eigenvalue weighted by molar-refractivity contribution is -0.152. The average Bonchev–Trinajstić information content (AvgIpc) is 2.01. The fourth-order valence-electron chi connectivity index (χ4n) is 0.555. The molecule has 0 rings (SSSR count). The van der Waals surface area contributed by atoms with E-state index in [0.29, 0.717) is 6.92 Å². The predicted molar refractivity (Wildman–Crippen MR) is 45.8 cm³/mol. The van der Waals surface area contributed by atoms with Crippen molar-refractivity contribution in [2.75, 3.05) is 7.11 Å². The first-order valence-corrected chi connectivity index (χ1v) is 4.16. The SMILES string of the molecule is COC(=O)CC(=O)C(C)(F)C(F)(F)P. The molecule has 0 N–H and O–H groups in total. The van der Waals surface area contributed by atoms with Crippen molar-refractivity contribution in [3.8, 4) is 0 Å². The van der Waals surface area contributed by atoms with Gasteiger partial charge in [-0.2, -0.15) is 8.78 Å². The summed E-state index contributed by atoms with van der Waals surface area (Å²) in [6.07, 6.45) is -1.01. The Labute approximate surface area is 81.2 Å². The summed E-state index contributed by atoms with van der Waals surface area (Å²) < 4.78 is 42.2. The van der Waals surface area contributed by atoms with Crippen LogP contribution in [0, 0.1) is 0 Å². The summed E-state index contributed by atoms with van der Waals surface area (Å²) >= 11 is 0. The van der Waals surface area contributed by atoms with E-state index in [9.17, 15) is 22.8 Å². The van der Waals surface area contributed by atoms with E-state index in [0.717, 1.165) is 16.3 Å². The third kappa shape index (κ3) is 2.94. The lowest BCUT2D eigenvalue weighted by atomic mass is 10.0. The Morgan fingerprint density at radius 1 is 1.36 bits per heavy atom. The van der Waals surface area contributed by atoms with Gasteiger partial charge in [-0.3, -0.25) is 9.59 Å². The maximum Gasteiger partial charge on any atom is 0.313 e. The summed E-state index contributed by atoms with van der Waals surface area (Å²) in [5, 5.41) is 0. The number of halogens is 3. The molecule has 0 aromatic carbocycles. The van der Waals surface area contributed by atoms with Gasteiger partial charge < -0.3 is 4.74 Å². The first-order chi connectivity index (χ1) is 6.13. The van der Waals surface area contributed by atoms with Gasteiger partial charge in [0.15, 0.2) is 5.78 Å². The first kappa shape index (κ1) is 13.4. The molecule has 0 spiro atoms. The van der Waals surface area contributed by atoms with Gasteiger partial charge in [0.2, 0.25) is 5.67 Å². The third-order valence-electron chi connectivity index (χ3n) is 1.68. The summed E-state index contributed by atoms with van der Waals surface area (Å²) in [5.41, 5.74) is -7.29. The second-order valence-electron chi connectivity index (χ2n) is 2.80. The Hall–Kier alpha value is -0.640. The van der Waals surface area contributed by atoms with E-state index >= 15 is 0 Å². The standard InChI is InChI=1S/C7H10F3O3P/c1-6(8,7(9,10)14)4(11)3-5(12)13-2/h3,14H2,1-2H3. The molecule has 3 nitrogen and oxygen atoms in total. The Kier molecular flexibility index (Phi) is 4.06. The quantitative estimate of drug-likeness (QED) is 0.415. The van der Waals surface area contributed by atoms with Crippen LogP contribution in [0.1, 0.15) is 13.3 Å². The molecule has 0 saturated heterocycles. The number of esters is 1. The summed E-state index contributed by atoms with van der Waals surface area (Å²) in [4.78, 5) is 21.4. The van der Waals surface area contributed by atoms with Crippen LogP contribution in [0.25, 0.3) is 0 Å². The van der Waals surface area contributed by atoms with Crippen LogP contribution >= 0.6 is 9.24 Å². The summed E-state index contributed by atoms with van der Waals surface area (Å²) in [7, 11) is 1.90. The molecule has 0 heterocycles. The van der Waals surface area contributed by atoms with Gasteiger partial charge in [-0.05, 0) is 6.92 Å². The van der Waals surface area contributed by atoms with Gasteiger partial charge in [0.05, 0.1) is 7.11 Å². The number of hydrogen-bond acceptors (Lipinski definition) is 3. The molecule has 14 heavy (non-hydrogen) atoms. The number of hydrogen-bond donors (Lipinski definition) is 0. The second-order valence-corrected chi connectivity index (χ2v) is 3.53. The number of carbonyl (C=O) groups is 2. The third-order valence-corrected chi connectivity index (χ3v) is 2.22. The van der Waals surface area contributed by atoms with Crippen LogP contribution in [0.15, 0.2) is 0 Å². The van der Waals surface area contributed by atoms with E-state index in [2.05, 4.69) is 4.74 Å². The Morgan fingerprint density at radius 2 is 1.79 bits per heavy atom. The van der Waals surface area contributed by atoms with Crippen LogP contribution in [-0.2, 0) is 14.3 Å². The smallest absolute Gasteiger partial charge is 0.313 e. The normalized spacial score (nSPS) is 15.9. The van der Waals surface area contributed by atoms with Crippen molar-refractivity contribution in [1.29, 1.82) is 0 Å². The molecule has 0 aliphatic rings. The Bertz CT molecular complexity index is 247. The minimum Gasteiger partial charge on any atom is -0.469 e. The van der Waals surface area contributed by atoms with E-state index in [1.165, 1.54) is 0 Å². The zero-order valence-corrected chi connectivity index (χ0v) is 8.80. The van der Waals surface area contributed by atoms with Crippen molar-refractivity contribution < 1.29 is 27.5 Å².